The maximum atomic E-state index is 12.5. The smallest absolute Gasteiger partial charge is 0.338 e. The standard InChI is InChI=1S/C33H30O8/c1-20(2)31(35)39-27-15-11-25(12-16-27)24-9-13-26(14-10-24)38-30(34)18-8-23-7-17-28(40-32(36)21(3)4)29(19-23)41-33(37)22(5)6/h7,9-17,19H,1,3,5,8,18H2,2,4,6H3. The molecule has 0 heterocycles. The van der Waals surface area contributed by atoms with Crippen LogP contribution in [0.1, 0.15) is 32.8 Å². The van der Waals surface area contributed by atoms with E-state index in [0.29, 0.717) is 22.6 Å². The van der Waals surface area contributed by atoms with Crippen molar-refractivity contribution in [2.45, 2.75) is 33.6 Å². The maximum absolute atomic E-state index is 12.5. The maximum Gasteiger partial charge on any atom is 0.338 e. The van der Waals surface area contributed by atoms with Gasteiger partial charge in [-0.05, 0) is 80.3 Å². The SMILES string of the molecule is C=C(C)C(=O)Oc1ccc(-c2ccc(OC(=O)CCc3ccc(OC(=O)C(=C)C)c(OC(=O)C(=C)C)c3)cc2)cc1. The molecule has 0 radical (unpaired) electrons. The number of esters is 4. The van der Waals surface area contributed by atoms with Crippen LogP contribution in [0.15, 0.2) is 103 Å². The van der Waals surface area contributed by atoms with Gasteiger partial charge in [0.1, 0.15) is 11.5 Å². The summed E-state index contributed by atoms with van der Waals surface area (Å²) < 4.78 is 21.2. The average molecular weight is 555 g/mol. The Kier molecular flexibility index (Phi) is 10.1. The first-order chi connectivity index (χ1) is 19.4. The minimum atomic E-state index is -0.681. The van der Waals surface area contributed by atoms with Gasteiger partial charge in [-0.25, -0.2) is 14.4 Å². The molecule has 0 saturated heterocycles. The normalized spacial score (nSPS) is 10.2. The molecule has 0 fully saturated rings. The van der Waals surface area contributed by atoms with Gasteiger partial charge in [0.25, 0.3) is 0 Å². The summed E-state index contributed by atoms with van der Waals surface area (Å²) in [5, 5.41) is 0. The molecule has 0 N–H and O–H groups in total. The third kappa shape index (κ3) is 8.90. The largest absolute Gasteiger partial charge is 0.427 e. The highest BCUT2D eigenvalue weighted by molar-refractivity contribution is 5.91. The second-order valence-electron chi connectivity index (χ2n) is 9.31. The van der Waals surface area contributed by atoms with Crippen molar-refractivity contribution in [1.29, 1.82) is 0 Å². The fraction of sp³-hybridized carbons (Fsp3) is 0.152. The molecule has 0 amide bonds. The molecule has 0 aliphatic heterocycles. The van der Waals surface area contributed by atoms with E-state index in [2.05, 4.69) is 19.7 Å². The molecule has 3 aromatic carbocycles. The van der Waals surface area contributed by atoms with E-state index in [1.807, 2.05) is 24.3 Å². The van der Waals surface area contributed by atoms with Gasteiger partial charge in [0.2, 0.25) is 0 Å². The molecule has 8 heteroatoms. The molecule has 3 aromatic rings. The zero-order valence-electron chi connectivity index (χ0n) is 23.2. The van der Waals surface area contributed by atoms with E-state index in [0.717, 1.165) is 11.1 Å². The Morgan fingerprint density at radius 2 is 1.00 bits per heavy atom. The summed E-state index contributed by atoms with van der Waals surface area (Å²) in [5.74, 6) is -1.44. The first-order valence-electron chi connectivity index (χ1n) is 12.6. The Morgan fingerprint density at radius 3 is 1.49 bits per heavy atom. The average Bonchev–Trinajstić information content (AvgIpc) is 2.93. The number of hydrogen-bond acceptors (Lipinski definition) is 8. The summed E-state index contributed by atoms with van der Waals surface area (Å²) in [5.41, 5.74) is 3.09. The second kappa shape index (κ2) is 13.7. The number of carbonyl (C=O) groups excluding carboxylic acids is 4. The van der Waals surface area contributed by atoms with E-state index in [4.69, 9.17) is 18.9 Å². The van der Waals surface area contributed by atoms with Crippen molar-refractivity contribution in [3.63, 3.8) is 0 Å². The van der Waals surface area contributed by atoms with Gasteiger partial charge in [-0.1, -0.05) is 50.1 Å². The van der Waals surface area contributed by atoms with Crippen LogP contribution in [-0.4, -0.2) is 23.9 Å². The quantitative estimate of drug-likeness (QED) is 0.154. The van der Waals surface area contributed by atoms with Crippen molar-refractivity contribution >= 4 is 23.9 Å². The number of hydrogen-bond donors (Lipinski definition) is 0. The number of ether oxygens (including phenoxy) is 4. The van der Waals surface area contributed by atoms with Gasteiger partial charge in [-0.3, -0.25) is 4.79 Å². The number of carbonyl (C=O) groups is 4. The van der Waals surface area contributed by atoms with Crippen molar-refractivity contribution in [3.05, 3.63) is 109 Å². The van der Waals surface area contributed by atoms with Crippen LogP contribution >= 0.6 is 0 Å². The van der Waals surface area contributed by atoms with Crippen molar-refractivity contribution in [2.75, 3.05) is 0 Å². The number of aryl methyl sites for hydroxylation is 1. The molecule has 0 aromatic heterocycles. The lowest BCUT2D eigenvalue weighted by Crippen LogP contribution is -2.13. The van der Waals surface area contributed by atoms with Crippen molar-refractivity contribution < 1.29 is 38.1 Å². The molecule has 0 saturated carbocycles. The lowest BCUT2D eigenvalue weighted by Gasteiger charge is -2.12. The summed E-state index contributed by atoms with van der Waals surface area (Å²) in [6.07, 6.45) is 0.330. The van der Waals surface area contributed by atoms with Gasteiger partial charge in [-0.2, -0.15) is 0 Å². The molecule has 0 unspecified atom stereocenters. The van der Waals surface area contributed by atoms with Crippen LogP contribution in [0.25, 0.3) is 11.1 Å². The molecule has 3 rings (SSSR count). The molecular weight excluding hydrogens is 524 g/mol. The lowest BCUT2D eigenvalue weighted by molar-refractivity contribution is -0.134. The van der Waals surface area contributed by atoms with Gasteiger partial charge in [0, 0.05) is 23.1 Å². The van der Waals surface area contributed by atoms with Crippen LogP contribution in [0.3, 0.4) is 0 Å². The first-order valence-corrected chi connectivity index (χ1v) is 12.6. The van der Waals surface area contributed by atoms with E-state index in [1.165, 1.54) is 26.0 Å². The first kappa shape index (κ1) is 30.3. The van der Waals surface area contributed by atoms with Crippen LogP contribution in [0.4, 0.5) is 0 Å². The summed E-state index contributed by atoms with van der Waals surface area (Å²) in [7, 11) is 0. The van der Waals surface area contributed by atoms with E-state index in [1.54, 1.807) is 37.3 Å². The predicted octanol–water partition coefficient (Wildman–Crippen LogP) is 6.34. The van der Waals surface area contributed by atoms with Gasteiger partial charge >= 0.3 is 23.9 Å². The van der Waals surface area contributed by atoms with E-state index >= 15 is 0 Å². The monoisotopic (exact) mass is 554 g/mol. The van der Waals surface area contributed by atoms with Gasteiger partial charge in [-0.15, -0.1) is 0 Å². The Bertz CT molecular complexity index is 1510. The van der Waals surface area contributed by atoms with Crippen LogP contribution in [0, 0.1) is 0 Å². The van der Waals surface area contributed by atoms with E-state index in [9.17, 15) is 19.2 Å². The van der Waals surface area contributed by atoms with Crippen molar-refractivity contribution in [1.82, 2.24) is 0 Å². The van der Waals surface area contributed by atoms with Gasteiger partial charge < -0.3 is 18.9 Å². The van der Waals surface area contributed by atoms with Crippen molar-refractivity contribution in [3.8, 4) is 34.1 Å². The van der Waals surface area contributed by atoms with Crippen LogP contribution in [-0.2, 0) is 25.6 Å². The summed E-state index contributed by atoms with van der Waals surface area (Å²) in [4.78, 5) is 48.2. The topological polar surface area (TPSA) is 105 Å². The molecule has 210 valence electrons. The lowest BCUT2D eigenvalue weighted by atomic mass is 10.1. The van der Waals surface area contributed by atoms with E-state index < -0.39 is 23.9 Å². The molecule has 0 spiro atoms. The fourth-order valence-electron chi connectivity index (χ4n) is 3.30. The summed E-state index contributed by atoms with van der Waals surface area (Å²) in [6, 6.07) is 18.7. The third-order valence-corrected chi connectivity index (χ3v) is 5.56. The molecule has 0 bridgehead atoms. The minimum Gasteiger partial charge on any atom is -0.427 e. The van der Waals surface area contributed by atoms with Gasteiger partial charge in [0.05, 0.1) is 0 Å². The summed E-state index contributed by atoms with van der Waals surface area (Å²) >= 11 is 0. The minimum absolute atomic E-state index is 0.0241. The van der Waals surface area contributed by atoms with Gasteiger partial charge in [0.15, 0.2) is 11.5 Å². The highest BCUT2D eigenvalue weighted by atomic mass is 16.6. The Labute approximate surface area is 238 Å². The highest BCUT2D eigenvalue weighted by Gasteiger charge is 2.16. The van der Waals surface area contributed by atoms with Crippen LogP contribution in [0.5, 0.6) is 23.0 Å². The second-order valence-corrected chi connectivity index (χ2v) is 9.31. The summed E-state index contributed by atoms with van der Waals surface area (Å²) in [6.45, 7) is 15.2. The predicted molar refractivity (Wildman–Crippen MR) is 154 cm³/mol. The molecular formula is C33H30O8. The molecule has 41 heavy (non-hydrogen) atoms. The fourth-order valence-corrected chi connectivity index (χ4v) is 3.30. The van der Waals surface area contributed by atoms with Crippen molar-refractivity contribution in [2.24, 2.45) is 0 Å². The zero-order chi connectivity index (χ0) is 30.1. The molecule has 8 nitrogen and oxygen atoms in total. The Balaban J connectivity index is 1.61. The number of benzene rings is 3. The molecule has 0 aliphatic rings. The zero-order valence-corrected chi connectivity index (χ0v) is 23.2. The third-order valence-electron chi connectivity index (χ3n) is 5.56. The Hall–Kier alpha value is -5.24. The van der Waals surface area contributed by atoms with Crippen LogP contribution in [0.2, 0.25) is 0 Å². The number of rotatable bonds is 11. The molecule has 0 aliphatic carbocycles. The Morgan fingerprint density at radius 1 is 0.561 bits per heavy atom. The highest BCUT2D eigenvalue weighted by Crippen LogP contribution is 2.31. The van der Waals surface area contributed by atoms with E-state index in [-0.39, 0.29) is 35.5 Å². The van der Waals surface area contributed by atoms with Crippen LogP contribution < -0.4 is 18.9 Å². The molecule has 0 atom stereocenters.